The van der Waals surface area contributed by atoms with Gasteiger partial charge in [-0.3, -0.25) is 0 Å². The van der Waals surface area contributed by atoms with E-state index in [4.69, 9.17) is 0 Å². The molecule has 0 heterocycles. The molecule has 0 aliphatic carbocycles. The van der Waals surface area contributed by atoms with Crippen LogP contribution in [-0.2, 0) is 39.9 Å². The van der Waals surface area contributed by atoms with Crippen LogP contribution in [0, 0.1) is 6.92 Å². The summed E-state index contributed by atoms with van der Waals surface area (Å²) in [4.78, 5) is 1.96. The van der Waals surface area contributed by atoms with Crippen LogP contribution in [0.1, 0.15) is 5.56 Å². The van der Waals surface area contributed by atoms with Crippen LogP contribution in [-0.4, -0.2) is 48.5 Å². The van der Waals surface area contributed by atoms with Crippen molar-refractivity contribution in [2.75, 3.05) is 0 Å². The Bertz CT molecular complexity index is 2040. The zero-order chi connectivity index (χ0) is 37.8. The molecule has 272 valence electrons. The summed E-state index contributed by atoms with van der Waals surface area (Å²) in [6, 6.07) is 26.5. The van der Waals surface area contributed by atoms with Gasteiger partial charge in [-0.1, -0.05) is 54.1 Å². The van der Waals surface area contributed by atoms with Crippen molar-refractivity contribution in [3.63, 3.8) is 0 Å². The smallest absolute Gasteiger partial charge is 0.378 e. The van der Waals surface area contributed by atoms with Crippen molar-refractivity contribution in [1.29, 1.82) is 0 Å². The Balaban J connectivity index is 0.000000429. The third-order valence-electron chi connectivity index (χ3n) is 6.01. The molecule has 0 radical (unpaired) electrons. The average Bonchev–Trinajstić information content (AvgIpc) is 3.02. The molecule has 0 saturated carbocycles. The fraction of sp³-hybridized carbons (Fsp3) is 0.172. The van der Waals surface area contributed by atoms with Gasteiger partial charge >= 0.3 is 51.4 Å². The van der Waals surface area contributed by atoms with E-state index >= 15 is 0 Å². The molecule has 0 unspecified atom stereocenters. The van der Waals surface area contributed by atoms with Gasteiger partial charge in [0.2, 0.25) is 0 Å². The Morgan fingerprint density at radius 3 is 1.32 bits per heavy atom. The third-order valence-corrected chi connectivity index (χ3v) is 12.6. The summed E-state index contributed by atoms with van der Waals surface area (Å²) in [5.74, 6) is -17.4. The van der Waals surface area contributed by atoms with Gasteiger partial charge in [0.1, 0.15) is 11.5 Å². The lowest BCUT2D eigenvalue weighted by atomic mass is 10.1. The molecular formula is C29H22F9O8S4+. The van der Waals surface area contributed by atoms with Gasteiger partial charge in [-0.15, -0.1) is 0 Å². The second-order valence-corrected chi connectivity index (χ2v) is 17.5. The maximum atomic E-state index is 13.7. The molecular weight excluding hydrogens is 776 g/mol. The van der Waals surface area contributed by atoms with Gasteiger partial charge in [-0.05, 0) is 67.6 Å². The Morgan fingerprint density at radius 1 is 0.520 bits per heavy atom. The molecule has 21 heteroatoms. The monoisotopic (exact) mass is 797 g/mol. The van der Waals surface area contributed by atoms with Gasteiger partial charge < -0.3 is 8.37 Å². The van der Waals surface area contributed by atoms with Crippen molar-refractivity contribution in [2.24, 2.45) is 0 Å². The van der Waals surface area contributed by atoms with E-state index in [1.807, 2.05) is 12.1 Å². The molecule has 4 rings (SSSR count). The van der Waals surface area contributed by atoms with E-state index in [2.05, 4.69) is 56.9 Å². The molecule has 0 N–H and O–H groups in total. The van der Waals surface area contributed by atoms with Crippen molar-refractivity contribution in [3.05, 3.63) is 115 Å². The van der Waals surface area contributed by atoms with Gasteiger partial charge in [0.05, 0.1) is 4.90 Å². The molecule has 0 aliphatic heterocycles. The zero-order valence-electron chi connectivity index (χ0n) is 24.7. The van der Waals surface area contributed by atoms with E-state index in [1.165, 1.54) is 33.7 Å². The molecule has 8 nitrogen and oxygen atoms in total. The molecule has 0 aromatic heterocycles. The number of alkyl halides is 9. The van der Waals surface area contributed by atoms with Crippen LogP contribution in [0.5, 0.6) is 11.5 Å². The van der Waals surface area contributed by atoms with Crippen molar-refractivity contribution in [3.8, 4) is 11.5 Å². The number of thiol groups is 1. The molecule has 4 aromatic rings. The van der Waals surface area contributed by atoms with Crippen LogP contribution >= 0.6 is 0 Å². The number of hydrogen-bond acceptors (Lipinski definition) is 8. The van der Waals surface area contributed by atoms with Crippen LogP contribution in [0.3, 0.4) is 0 Å². The Kier molecular flexibility index (Phi) is 11.9. The number of hydrogen-bond donors (Lipinski definition) is 0. The summed E-state index contributed by atoms with van der Waals surface area (Å²) in [5, 5.41) is -7.13. The minimum absolute atomic E-state index is 0.219. The standard InChI is InChI=1S/C17H11F9O8S3.C12H10S/c1-10-2-8-13(9-3-10)35(27,28)37(31,32)34-12-6-4-11(5-7-12)33-36(29,30)17(25,26)15(20,21)14(18,19)16(22,23)24;1-3-7-11(8-4-1)13-12-9-5-2-6-10-12/h2-9H,1H3;1-10H/p+1. The third kappa shape index (κ3) is 8.67. The predicted molar refractivity (Wildman–Crippen MR) is 163 cm³/mol. The summed E-state index contributed by atoms with van der Waals surface area (Å²) in [5.41, 5.74) is 0.563. The van der Waals surface area contributed by atoms with Gasteiger partial charge in [0.15, 0.2) is 9.79 Å². The molecule has 0 aliphatic rings. The zero-order valence-corrected chi connectivity index (χ0v) is 28.1. The number of halogens is 9. The lowest BCUT2D eigenvalue weighted by Gasteiger charge is -2.32. The Labute approximate surface area is 283 Å². The lowest BCUT2D eigenvalue weighted by Crippen LogP contribution is -2.63. The number of rotatable bonds is 11. The first-order valence-corrected chi connectivity index (χ1v) is 18.9. The molecule has 0 fully saturated rings. The summed E-state index contributed by atoms with van der Waals surface area (Å²) in [6.45, 7) is 1.56. The quantitative estimate of drug-likeness (QED) is 0.0517. The molecule has 50 heavy (non-hydrogen) atoms. The Morgan fingerprint density at radius 2 is 0.920 bits per heavy atom. The van der Waals surface area contributed by atoms with Crippen LogP contribution in [0.25, 0.3) is 0 Å². The molecule has 0 atom stereocenters. The van der Waals surface area contributed by atoms with E-state index in [-0.39, 0.29) is 12.1 Å². The summed E-state index contributed by atoms with van der Waals surface area (Å²) >= 11 is 1.28. The first-order valence-electron chi connectivity index (χ1n) is 13.2. The van der Waals surface area contributed by atoms with Gasteiger partial charge in [-0.25, -0.2) is 8.42 Å². The first-order chi connectivity index (χ1) is 22.9. The highest BCUT2D eigenvalue weighted by Gasteiger charge is 2.86. The Hall–Kier alpha value is -3.95. The predicted octanol–water partition coefficient (Wildman–Crippen LogP) is 7.15. The van der Waals surface area contributed by atoms with E-state index in [9.17, 15) is 64.8 Å². The molecule has 0 saturated heterocycles. The maximum absolute atomic E-state index is 13.7. The number of aryl methyl sites for hydroxylation is 1. The van der Waals surface area contributed by atoms with Crippen LogP contribution < -0.4 is 8.37 Å². The van der Waals surface area contributed by atoms with Gasteiger partial charge in [-0.2, -0.15) is 56.3 Å². The van der Waals surface area contributed by atoms with Crippen molar-refractivity contribution < 1.29 is 73.1 Å². The molecule has 4 aromatic carbocycles. The van der Waals surface area contributed by atoms with E-state index in [1.54, 1.807) is 6.92 Å². The van der Waals surface area contributed by atoms with Crippen LogP contribution in [0.15, 0.2) is 124 Å². The normalized spacial score (nSPS) is 13.2. The van der Waals surface area contributed by atoms with Crippen LogP contribution in [0.4, 0.5) is 39.5 Å². The maximum Gasteiger partial charge on any atom is 0.460 e. The van der Waals surface area contributed by atoms with Crippen molar-refractivity contribution >= 4 is 39.9 Å². The van der Waals surface area contributed by atoms with Crippen molar-refractivity contribution in [2.45, 2.75) is 44.9 Å². The van der Waals surface area contributed by atoms with Crippen LogP contribution in [0.2, 0.25) is 0 Å². The second kappa shape index (κ2) is 14.7. The minimum atomic E-state index is -7.53. The SMILES string of the molecule is Cc1ccc(S(=O)(=O)S(=O)(=O)Oc2ccc(OS(=O)(=O)C(F)(F)C(F)(F)C(F)(F)C(F)(F)F)cc2)cc1.c1ccc([SH+]c2ccccc2)cc1. The fourth-order valence-corrected chi connectivity index (χ4v) is 7.93. The lowest BCUT2D eigenvalue weighted by molar-refractivity contribution is -0.382. The molecule has 0 amide bonds. The summed E-state index contributed by atoms with van der Waals surface area (Å²) in [6.07, 6.45) is -7.28. The second-order valence-electron chi connectivity index (χ2n) is 9.71. The highest BCUT2D eigenvalue weighted by Crippen LogP contribution is 2.55. The van der Waals surface area contributed by atoms with E-state index in [0.717, 1.165) is 12.1 Å². The fourth-order valence-electron chi connectivity index (χ4n) is 3.39. The molecule has 0 spiro atoms. The highest BCUT2D eigenvalue weighted by atomic mass is 33.2. The van der Waals surface area contributed by atoms with Gasteiger partial charge in [0, 0.05) is 11.8 Å². The van der Waals surface area contributed by atoms with Crippen molar-refractivity contribution in [1.82, 2.24) is 0 Å². The molecule has 0 bridgehead atoms. The topological polar surface area (TPSA) is 121 Å². The largest absolute Gasteiger partial charge is 0.460 e. The van der Waals surface area contributed by atoms with E-state index < -0.39 is 67.8 Å². The van der Waals surface area contributed by atoms with E-state index in [0.29, 0.717) is 17.7 Å². The number of benzene rings is 4. The summed E-state index contributed by atoms with van der Waals surface area (Å²) in [7, 11) is -17.9. The average molecular weight is 798 g/mol. The summed E-state index contributed by atoms with van der Waals surface area (Å²) < 4.78 is 196. The van der Waals surface area contributed by atoms with Gasteiger partial charge in [0.25, 0.3) is 0 Å². The first kappa shape index (κ1) is 40.5. The minimum Gasteiger partial charge on any atom is -0.378 e. The highest BCUT2D eigenvalue weighted by molar-refractivity contribution is 8.65.